The van der Waals surface area contributed by atoms with Gasteiger partial charge in [-0.2, -0.15) is 0 Å². The summed E-state index contributed by atoms with van der Waals surface area (Å²) in [5.41, 5.74) is 1.91. The fourth-order valence-electron chi connectivity index (χ4n) is 1.45. The molecule has 0 unspecified atom stereocenters. The summed E-state index contributed by atoms with van der Waals surface area (Å²) in [6.45, 7) is 10.9. The van der Waals surface area contributed by atoms with Gasteiger partial charge in [-0.15, -0.1) is 0 Å². The molecule has 0 amide bonds. The summed E-state index contributed by atoms with van der Waals surface area (Å²) in [4.78, 5) is 2.26. The number of rotatable bonds is 4. The summed E-state index contributed by atoms with van der Waals surface area (Å²) in [6.07, 6.45) is 0. The van der Waals surface area contributed by atoms with Crippen LogP contribution in [0.1, 0.15) is 25.0 Å². The molecular formula is C12H18NO. The lowest BCUT2D eigenvalue weighted by atomic mass is 10.1. The van der Waals surface area contributed by atoms with Gasteiger partial charge >= 0.3 is 0 Å². The second-order valence-corrected chi connectivity index (χ2v) is 3.42. The van der Waals surface area contributed by atoms with Gasteiger partial charge in [0.2, 0.25) is 0 Å². The van der Waals surface area contributed by atoms with Crippen molar-refractivity contribution in [1.29, 1.82) is 0 Å². The Kier molecular flexibility index (Phi) is 3.96. The fourth-order valence-corrected chi connectivity index (χ4v) is 1.45. The Hall–Kier alpha value is -1.02. The van der Waals surface area contributed by atoms with Crippen LogP contribution in [0.3, 0.4) is 0 Å². The minimum Gasteiger partial charge on any atom is -0.508 e. The van der Waals surface area contributed by atoms with Gasteiger partial charge in [0.05, 0.1) is 0 Å². The average Bonchev–Trinajstić information content (AvgIpc) is 2.19. The number of aromatic hydroxyl groups is 1. The van der Waals surface area contributed by atoms with Crippen LogP contribution in [-0.4, -0.2) is 23.1 Å². The Labute approximate surface area is 86.2 Å². The lowest BCUT2D eigenvalue weighted by Crippen LogP contribution is -2.22. The van der Waals surface area contributed by atoms with Crippen molar-refractivity contribution >= 4 is 0 Å². The summed E-state index contributed by atoms with van der Waals surface area (Å²) in [6, 6.07) is 5.47. The molecule has 0 aliphatic carbocycles. The van der Waals surface area contributed by atoms with E-state index >= 15 is 0 Å². The molecule has 0 aliphatic heterocycles. The molecule has 2 heteroatoms. The zero-order valence-corrected chi connectivity index (χ0v) is 8.95. The highest BCUT2D eigenvalue weighted by molar-refractivity contribution is 5.37. The van der Waals surface area contributed by atoms with E-state index in [1.165, 1.54) is 0 Å². The Morgan fingerprint density at radius 3 is 2.50 bits per heavy atom. The number of phenols is 1. The molecule has 0 aromatic heterocycles. The van der Waals surface area contributed by atoms with Gasteiger partial charge < -0.3 is 5.11 Å². The van der Waals surface area contributed by atoms with E-state index in [0.717, 1.165) is 30.8 Å². The Morgan fingerprint density at radius 1 is 1.29 bits per heavy atom. The maximum absolute atomic E-state index is 9.62. The standard InChI is InChI=1S/C12H18NO/c1-4-13(5-2)9-11-8-10(3)6-7-12(11)14/h6-8,14H,3-5,9H2,1-2H3. The van der Waals surface area contributed by atoms with Gasteiger partial charge in [-0.1, -0.05) is 26.0 Å². The molecular weight excluding hydrogens is 174 g/mol. The minimum atomic E-state index is 0.365. The SMILES string of the molecule is [CH2]c1ccc(O)c(CN(CC)CC)c1. The first-order valence-corrected chi connectivity index (χ1v) is 5.03. The predicted octanol–water partition coefficient (Wildman–Crippen LogP) is 2.42. The number of benzene rings is 1. The molecule has 0 saturated carbocycles. The van der Waals surface area contributed by atoms with E-state index in [-0.39, 0.29) is 0 Å². The van der Waals surface area contributed by atoms with Crippen molar-refractivity contribution in [3.63, 3.8) is 0 Å². The molecule has 0 saturated heterocycles. The molecule has 0 heterocycles. The number of hydrogen-bond acceptors (Lipinski definition) is 2. The summed E-state index contributed by atoms with van der Waals surface area (Å²) < 4.78 is 0. The Morgan fingerprint density at radius 2 is 1.93 bits per heavy atom. The third-order valence-electron chi connectivity index (χ3n) is 2.43. The van der Waals surface area contributed by atoms with Gasteiger partial charge in [0, 0.05) is 12.1 Å². The second kappa shape index (κ2) is 5.01. The molecule has 1 rings (SSSR count). The molecule has 0 fully saturated rings. The van der Waals surface area contributed by atoms with Crippen LogP contribution in [0, 0.1) is 6.92 Å². The molecule has 0 aliphatic rings. The third kappa shape index (κ3) is 2.74. The Bertz CT molecular complexity index is 292. The van der Waals surface area contributed by atoms with E-state index < -0.39 is 0 Å². The molecule has 14 heavy (non-hydrogen) atoms. The highest BCUT2D eigenvalue weighted by Crippen LogP contribution is 2.19. The van der Waals surface area contributed by atoms with Crippen LogP contribution in [0.25, 0.3) is 0 Å². The van der Waals surface area contributed by atoms with Gasteiger partial charge in [-0.3, -0.25) is 4.90 Å². The van der Waals surface area contributed by atoms with E-state index in [4.69, 9.17) is 0 Å². The summed E-state index contributed by atoms with van der Waals surface area (Å²) >= 11 is 0. The van der Waals surface area contributed by atoms with Crippen LogP contribution in [0.4, 0.5) is 0 Å². The van der Waals surface area contributed by atoms with Gasteiger partial charge in [0.15, 0.2) is 0 Å². The lowest BCUT2D eigenvalue weighted by molar-refractivity contribution is 0.291. The average molecular weight is 192 g/mol. The van der Waals surface area contributed by atoms with E-state index in [9.17, 15) is 5.11 Å². The van der Waals surface area contributed by atoms with Crippen molar-refractivity contribution in [3.05, 3.63) is 36.2 Å². The fraction of sp³-hybridized carbons (Fsp3) is 0.417. The molecule has 0 spiro atoms. The van der Waals surface area contributed by atoms with Crippen molar-refractivity contribution in [2.24, 2.45) is 0 Å². The molecule has 0 atom stereocenters. The normalized spacial score (nSPS) is 10.9. The molecule has 1 aromatic rings. The van der Waals surface area contributed by atoms with E-state index in [1.807, 2.05) is 12.1 Å². The van der Waals surface area contributed by atoms with Crippen molar-refractivity contribution in [2.45, 2.75) is 20.4 Å². The van der Waals surface area contributed by atoms with Crippen molar-refractivity contribution in [3.8, 4) is 5.75 Å². The van der Waals surface area contributed by atoms with E-state index in [0.29, 0.717) is 5.75 Å². The zero-order chi connectivity index (χ0) is 10.6. The highest BCUT2D eigenvalue weighted by atomic mass is 16.3. The smallest absolute Gasteiger partial charge is 0.120 e. The summed E-state index contributed by atoms with van der Waals surface area (Å²) in [5.74, 6) is 0.365. The lowest BCUT2D eigenvalue weighted by Gasteiger charge is -2.18. The first-order chi connectivity index (χ1) is 6.67. The summed E-state index contributed by atoms with van der Waals surface area (Å²) in [7, 11) is 0. The van der Waals surface area contributed by atoms with Crippen molar-refractivity contribution < 1.29 is 5.11 Å². The van der Waals surface area contributed by atoms with E-state index in [2.05, 4.69) is 25.7 Å². The number of hydrogen-bond donors (Lipinski definition) is 1. The molecule has 77 valence electrons. The monoisotopic (exact) mass is 192 g/mol. The predicted molar refractivity (Wildman–Crippen MR) is 59.2 cm³/mol. The van der Waals surface area contributed by atoms with Crippen LogP contribution < -0.4 is 0 Å². The maximum atomic E-state index is 9.62. The molecule has 2 nitrogen and oxygen atoms in total. The van der Waals surface area contributed by atoms with Gasteiger partial charge in [0.1, 0.15) is 5.75 Å². The number of nitrogens with zero attached hydrogens (tertiary/aromatic N) is 1. The van der Waals surface area contributed by atoms with Crippen LogP contribution in [0.15, 0.2) is 18.2 Å². The zero-order valence-electron chi connectivity index (χ0n) is 8.95. The largest absolute Gasteiger partial charge is 0.508 e. The molecule has 1 radical (unpaired) electrons. The molecule has 0 bridgehead atoms. The minimum absolute atomic E-state index is 0.365. The molecule has 1 N–H and O–H groups in total. The van der Waals surface area contributed by atoms with Gasteiger partial charge in [-0.25, -0.2) is 0 Å². The number of phenolic OH excluding ortho intramolecular Hbond substituents is 1. The maximum Gasteiger partial charge on any atom is 0.120 e. The van der Waals surface area contributed by atoms with Crippen LogP contribution >= 0.6 is 0 Å². The van der Waals surface area contributed by atoms with Crippen LogP contribution in [-0.2, 0) is 6.54 Å². The topological polar surface area (TPSA) is 23.5 Å². The van der Waals surface area contributed by atoms with Crippen molar-refractivity contribution in [2.75, 3.05) is 13.1 Å². The Balaban J connectivity index is 2.79. The van der Waals surface area contributed by atoms with Crippen LogP contribution in [0.5, 0.6) is 5.75 Å². The van der Waals surface area contributed by atoms with Gasteiger partial charge in [-0.05, 0) is 31.6 Å². The molecule has 1 aromatic carbocycles. The van der Waals surface area contributed by atoms with Crippen molar-refractivity contribution in [1.82, 2.24) is 4.90 Å². The summed E-state index contributed by atoms with van der Waals surface area (Å²) in [5, 5.41) is 9.62. The first kappa shape index (κ1) is 11.1. The second-order valence-electron chi connectivity index (χ2n) is 3.42. The van der Waals surface area contributed by atoms with Gasteiger partial charge in [0.25, 0.3) is 0 Å². The first-order valence-electron chi connectivity index (χ1n) is 5.03. The quantitative estimate of drug-likeness (QED) is 0.792. The third-order valence-corrected chi connectivity index (χ3v) is 2.43. The van der Waals surface area contributed by atoms with E-state index in [1.54, 1.807) is 6.07 Å². The highest BCUT2D eigenvalue weighted by Gasteiger charge is 2.05. The van der Waals surface area contributed by atoms with Crippen LogP contribution in [0.2, 0.25) is 0 Å².